The second-order valence-electron chi connectivity index (χ2n) is 5.53. The van der Waals surface area contributed by atoms with Crippen molar-refractivity contribution >= 4 is 33.6 Å². The van der Waals surface area contributed by atoms with E-state index in [9.17, 15) is 39.6 Å². The zero-order valence-electron chi connectivity index (χ0n) is 14.9. The summed E-state index contributed by atoms with van der Waals surface area (Å²) in [5.41, 5.74) is -4.63. The monoisotopic (exact) mass is 479 g/mol. The molecule has 0 fully saturated rings. The van der Waals surface area contributed by atoms with Gasteiger partial charge < -0.3 is 9.52 Å². The van der Waals surface area contributed by atoms with Gasteiger partial charge in [-0.05, 0) is 35.9 Å². The predicted octanol–water partition coefficient (Wildman–Crippen LogP) is 2.90. The number of hydrogen-bond acceptors (Lipinski definition) is 3. The number of hydrogen-bond donors (Lipinski definition) is 0. The van der Waals surface area contributed by atoms with Crippen LogP contribution in [0.3, 0.4) is 0 Å². The minimum absolute atomic E-state index is 0. The molecule has 0 atom stereocenters. The second kappa shape index (κ2) is 9.73. The SMILES string of the molecule is O=C([N-]S(=O)(=O)/C=C/c1cccc(Cl)c1)c1ccc(C(F)(F)F)cc1C(F)(F)F.[Na+]. The van der Waals surface area contributed by atoms with Crippen molar-refractivity contribution in [3.05, 3.63) is 79.9 Å². The van der Waals surface area contributed by atoms with Crippen LogP contribution in [-0.2, 0) is 22.4 Å². The third kappa shape index (κ3) is 7.31. The summed E-state index contributed by atoms with van der Waals surface area (Å²) in [5, 5.41) is 0.727. The summed E-state index contributed by atoms with van der Waals surface area (Å²) in [4.78, 5) is 12.0. The van der Waals surface area contributed by atoms with Crippen LogP contribution in [0.5, 0.6) is 0 Å². The molecule has 0 heterocycles. The molecule has 2 aromatic rings. The van der Waals surface area contributed by atoms with Gasteiger partial charge in [-0.3, -0.25) is 0 Å². The molecule has 156 valence electrons. The molecule has 0 radical (unpaired) electrons. The fraction of sp³-hybridized carbons (Fsp3) is 0.118. The van der Waals surface area contributed by atoms with Crippen molar-refractivity contribution in [1.29, 1.82) is 0 Å². The Bertz CT molecular complexity index is 1070. The Morgan fingerprint density at radius 1 is 0.967 bits per heavy atom. The quantitative estimate of drug-likeness (QED) is 0.500. The topological polar surface area (TPSA) is 65.3 Å². The van der Waals surface area contributed by atoms with Gasteiger partial charge in [-0.15, -0.1) is 0 Å². The molecule has 0 N–H and O–H groups in total. The molecule has 2 rings (SSSR count). The zero-order valence-corrected chi connectivity index (χ0v) is 18.5. The number of amides is 1. The van der Waals surface area contributed by atoms with Crippen LogP contribution in [0, 0.1) is 0 Å². The minimum atomic E-state index is -5.35. The van der Waals surface area contributed by atoms with E-state index in [1.54, 1.807) is 0 Å². The van der Waals surface area contributed by atoms with Crippen LogP contribution < -0.4 is 29.6 Å². The Balaban J connectivity index is 0.00000450. The van der Waals surface area contributed by atoms with Crippen LogP contribution in [0.2, 0.25) is 5.02 Å². The fourth-order valence-electron chi connectivity index (χ4n) is 2.11. The Labute approximate surface area is 194 Å². The third-order valence-corrected chi connectivity index (χ3v) is 4.51. The van der Waals surface area contributed by atoms with Crippen LogP contribution >= 0.6 is 11.6 Å². The van der Waals surface area contributed by atoms with E-state index in [-0.39, 0.29) is 52.8 Å². The zero-order chi connectivity index (χ0) is 22.0. The average Bonchev–Trinajstić information content (AvgIpc) is 2.58. The van der Waals surface area contributed by atoms with E-state index in [0.717, 1.165) is 6.08 Å². The average molecular weight is 480 g/mol. The Morgan fingerprint density at radius 2 is 1.60 bits per heavy atom. The van der Waals surface area contributed by atoms with E-state index in [2.05, 4.69) is 4.72 Å². The van der Waals surface area contributed by atoms with Crippen LogP contribution in [0.1, 0.15) is 27.0 Å². The van der Waals surface area contributed by atoms with E-state index in [4.69, 9.17) is 11.6 Å². The molecule has 2 aromatic carbocycles. The summed E-state index contributed by atoms with van der Waals surface area (Å²) in [6, 6.07) is 6.00. The van der Waals surface area contributed by atoms with Crippen molar-refractivity contribution in [1.82, 2.24) is 0 Å². The van der Waals surface area contributed by atoms with Crippen molar-refractivity contribution in [3.63, 3.8) is 0 Å². The van der Waals surface area contributed by atoms with Crippen molar-refractivity contribution < 1.29 is 69.1 Å². The molecule has 0 aliphatic heterocycles. The number of rotatable bonds is 4. The number of carbonyl (C=O) groups excluding carboxylic acids is 1. The Hall–Kier alpha value is -1.53. The van der Waals surface area contributed by atoms with Gasteiger partial charge in [0.05, 0.1) is 17.0 Å². The number of benzene rings is 2. The molecular weight excluding hydrogens is 471 g/mol. The number of halogens is 7. The molecule has 0 bridgehead atoms. The van der Waals surface area contributed by atoms with Gasteiger partial charge in [0.15, 0.2) is 0 Å². The number of sulfonamides is 1. The summed E-state index contributed by atoms with van der Waals surface area (Å²) in [5.74, 6) is -1.86. The van der Waals surface area contributed by atoms with E-state index >= 15 is 0 Å². The van der Waals surface area contributed by atoms with Crippen LogP contribution in [0.15, 0.2) is 47.9 Å². The maximum absolute atomic E-state index is 13.1. The van der Waals surface area contributed by atoms with Gasteiger partial charge >= 0.3 is 41.9 Å². The molecule has 13 heteroatoms. The molecule has 0 spiro atoms. The summed E-state index contributed by atoms with van der Waals surface area (Å²) in [7, 11) is -4.68. The fourth-order valence-corrected chi connectivity index (χ4v) is 3.03. The standard InChI is InChI=1S/C17H10ClF6NO3S.Na/c18-12-3-1-2-10(8-12)6-7-29(27,28)25-15(26)13-5-4-11(16(19,20)21)9-14(13)17(22,23)24;/h1-9H,(H,25,26);/q;+1/p-1/b7-6+;. The first-order chi connectivity index (χ1) is 13.2. The predicted molar refractivity (Wildman–Crippen MR) is 93.5 cm³/mol. The van der Waals surface area contributed by atoms with Crippen molar-refractivity contribution in [3.8, 4) is 0 Å². The van der Waals surface area contributed by atoms with Crippen molar-refractivity contribution in [2.24, 2.45) is 0 Å². The smallest absolute Gasteiger partial charge is 0.538 e. The molecule has 1 amide bonds. The summed E-state index contributed by atoms with van der Waals surface area (Å²) >= 11 is 5.72. The summed E-state index contributed by atoms with van der Waals surface area (Å²) < 4.78 is 104. The number of carbonyl (C=O) groups is 1. The van der Waals surface area contributed by atoms with Crippen LogP contribution in [0.4, 0.5) is 26.3 Å². The third-order valence-electron chi connectivity index (χ3n) is 3.37. The molecule has 0 aliphatic carbocycles. The maximum atomic E-state index is 13.1. The van der Waals surface area contributed by atoms with Crippen LogP contribution in [-0.4, -0.2) is 14.3 Å². The van der Waals surface area contributed by atoms with Crippen molar-refractivity contribution in [2.45, 2.75) is 12.4 Å². The van der Waals surface area contributed by atoms with Gasteiger partial charge in [0.25, 0.3) is 0 Å². The van der Waals surface area contributed by atoms with E-state index in [1.807, 2.05) is 0 Å². The first-order valence-electron chi connectivity index (χ1n) is 7.43. The molecule has 4 nitrogen and oxygen atoms in total. The van der Waals surface area contributed by atoms with Gasteiger partial charge in [-0.25, -0.2) is 8.42 Å². The van der Waals surface area contributed by atoms with Gasteiger partial charge in [0.2, 0.25) is 0 Å². The van der Waals surface area contributed by atoms with Crippen molar-refractivity contribution in [2.75, 3.05) is 0 Å². The van der Waals surface area contributed by atoms with Gasteiger partial charge in [-0.1, -0.05) is 29.8 Å². The van der Waals surface area contributed by atoms with E-state index in [0.29, 0.717) is 11.0 Å². The second-order valence-corrected chi connectivity index (χ2v) is 7.45. The minimum Gasteiger partial charge on any atom is -0.538 e. The number of alkyl halides is 6. The Morgan fingerprint density at radius 3 is 2.13 bits per heavy atom. The molecule has 0 saturated heterocycles. The van der Waals surface area contributed by atoms with Gasteiger partial charge in [0.1, 0.15) is 10.0 Å². The van der Waals surface area contributed by atoms with Gasteiger partial charge in [-0.2, -0.15) is 26.3 Å². The normalized spacial score (nSPS) is 12.5. The first-order valence-corrected chi connectivity index (χ1v) is 9.31. The molecule has 0 aromatic heterocycles. The molecular formula is C17H9ClF6NNaO3S. The molecule has 0 unspecified atom stereocenters. The van der Waals surface area contributed by atoms with Gasteiger partial charge in [0, 0.05) is 16.0 Å². The van der Waals surface area contributed by atoms with Crippen LogP contribution in [0.25, 0.3) is 10.8 Å². The Kier molecular flexibility index (Phi) is 8.60. The maximum Gasteiger partial charge on any atom is 1.00 e. The first kappa shape index (κ1) is 26.5. The number of nitrogens with zero attached hydrogens (tertiary/aromatic N) is 1. The molecule has 30 heavy (non-hydrogen) atoms. The largest absolute Gasteiger partial charge is 1.00 e. The molecule has 0 saturated carbocycles. The molecule has 0 aliphatic rings. The summed E-state index contributed by atoms with van der Waals surface area (Å²) in [6.45, 7) is 0. The van der Waals surface area contributed by atoms with E-state index in [1.165, 1.54) is 24.3 Å². The summed E-state index contributed by atoms with van der Waals surface area (Å²) in [6.07, 6.45) is -9.44. The van der Waals surface area contributed by atoms with E-state index < -0.39 is 45.0 Å².